The maximum absolute atomic E-state index is 13.6. The van der Waals surface area contributed by atoms with Gasteiger partial charge in [-0.1, -0.05) is 24.3 Å². The van der Waals surface area contributed by atoms with Gasteiger partial charge in [0.05, 0.1) is 6.10 Å². The van der Waals surface area contributed by atoms with Crippen LogP contribution in [0, 0.1) is 5.82 Å². The Morgan fingerprint density at radius 1 is 1.12 bits per heavy atom. The zero-order valence-corrected chi connectivity index (χ0v) is 15.3. The summed E-state index contributed by atoms with van der Waals surface area (Å²) in [7, 11) is 0. The van der Waals surface area contributed by atoms with E-state index in [1.54, 1.807) is 36.3 Å². The van der Waals surface area contributed by atoms with E-state index >= 15 is 0 Å². The quantitative estimate of drug-likeness (QED) is 0.528. The van der Waals surface area contributed by atoms with Crippen molar-refractivity contribution in [2.45, 2.75) is 24.0 Å². The number of benzene rings is 2. The minimum Gasteiger partial charge on any atom is -0.387 e. The van der Waals surface area contributed by atoms with Crippen LogP contribution in [0.15, 0.2) is 65.8 Å². The van der Waals surface area contributed by atoms with Crippen LogP contribution in [-0.2, 0) is 0 Å². The van der Waals surface area contributed by atoms with E-state index < -0.39 is 6.10 Å². The number of aromatic nitrogens is 1. The fourth-order valence-corrected chi connectivity index (χ4v) is 3.37. The third kappa shape index (κ3) is 5.02. The van der Waals surface area contributed by atoms with Crippen LogP contribution in [-0.4, -0.2) is 29.2 Å². The molecule has 0 spiro atoms. The molecular weight excluding hydrogens is 349 g/mol. The molecule has 0 aliphatic rings. The molecule has 26 heavy (non-hydrogen) atoms. The van der Waals surface area contributed by atoms with Crippen LogP contribution >= 0.6 is 11.9 Å². The standard InChI is InChI=1S/C20H22FN3OS/c1-14(11-23-13-20(25)18-4-2-3-5-19(18)21)24-26-17-7-6-16-12-22-9-8-15(16)10-17/h2-10,12,14,20,23-25H,11,13H2,1H3/t14-,20?/m1/s1. The molecule has 6 heteroatoms. The van der Waals surface area contributed by atoms with Gasteiger partial charge in [0.2, 0.25) is 0 Å². The highest BCUT2D eigenvalue weighted by Crippen LogP contribution is 2.21. The van der Waals surface area contributed by atoms with Gasteiger partial charge in [-0.05, 0) is 48.5 Å². The van der Waals surface area contributed by atoms with Crippen LogP contribution in [0.4, 0.5) is 4.39 Å². The van der Waals surface area contributed by atoms with E-state index in [4.69, 9.17) is 0 Å². The molecular formula is C20H22FN3OS. The van der Waals surface area contributed by atoms with Gasteiger partial charge in [0, 0.05) is 47.4 Å². The maximum Gasteiger partial charge on any atom is 0.129 e. The Balaban J connectivity index is 1.43. The first-order valence-corrected chi connectivity index (χ1v) is 9.34. The second-order valence-corrected chi connectivity index (χ2v) is 7.11. The molecule has 4 nitrogen and oxygen atoms in total. The van der Waals surface area contributed by atoms with Crippen molar-refractivity contribution in [3.8, 4) is 0 Å². The number of aliphatic hydroxyl groups is 1. The zero-order valence-electron chi connectivity index (χ0n) is 14.5. The molecule has 1 aromatic heterocycles. The van der Waals surface area contributed by atoms with Gasteiger partial charge in [-0.2, -0.15) is 0 Å². The maximum atomic E-state index is 13.6. The summed E-state index contributed by atoms with van der Waals surface area (Å²) in [6.45, 7) is 3.02. The number of hydrogen-bond acceptors (Lipinski definition) is 5. The lowest BCUT2D eigenvalue weighted by atomic mass is 10.1. The van der Waals surface area contributed by atoms with Gasteiger partial charge < -0.3 is 10.4 Å². The molecule has 136 valence electrons. The van der Waals surface area contributed by atoms with Crippen molar-refractivity contribution in [3.05, 3.63) is 72.3 Å². The highest BCUT2D eigenvalue weighted by atomic mass is 32.2. The molecule has 0 amide bonds. The van der Waals surface area contributed by atoms with Crippen LogP contribution < -0.4 is 10.0 Å². The molecule has 0 saturated carbocycles. The first kappa shape index (κ1) is 18.8. The Morgan fingerprint density at radius 3 is 2.81 bits per heavy atom. The number of nitrogens with zero attached hydrogens (tertiary/aromatic N) is 1. The summed E-state index contributed by atoms with van der Waals surface area (Å²) in [5, 5.41) is 15.5. The van der Waals surface area contributed by atoms with E-state index in [1.165, 1.54) is 6.07 Å². The number of fused-ring (bicyclic) bond motifs is 1. The first-order chi connectivity index (χ1) is 12.6. The summed E-state index contributed by atoms with van der Waals surface area (Å²) in [6, 6.07) is 14.7. The summed E-state index contributed by atoms with van der Waals surface area (Å²) < 4.78 is 17.0. The normalized spacial score (nSPS) is 13.7. The minimum atomic E-state index is -0.856. The summed E-state index contributed by atoms with van der Waals surface area (Å²) >= 11 is 1.57. The smallest absolute Gasteiger partial charge is 0.129 e. The SMILES string of the molecule is C[C@H](CNCC(O)c1ccccc1F)NSc1ccc2cnccc2c1. The number of halogens is 1. The predicted octanol–water partition coefficient (Wildman–Crippen LogP) is 3.68. The second kappa shape index (κ2) is 9.09. The predicted molar refractivity (Wildman–Crippen MR) is 104 cm³/mol. The molecule has 2 aromatic carbocycles. The summed E-state index contributed by atoms with van der Waals surface area (Å²) in [5.41, 5.74) is 0.320. The Morgan fingerprint density at radius 2 is 1.96 bits per heavy atom. The van der Waals surface area contributed by atoms with Crippen LogP contribution in [0.2, 0.25) is 0 Å². The highest BCUT2D eigenvalue weighted by Gasteiger charge is 2.12. The number of hydrogen-bond donors (Lipinski definition) is 3. The molecule has 0 bridgehead atoms. The summed E-state index contributed by atoms with van der Waals surface area (Å²) in [5.74, 6) is -0.380. The van der Waals surface area contributed by atoms with Crippen molar-refractivity contribution in [2.75, 3.05) is 13.1 Å². The molecule has 0 aliphatic heterocycles. The minimum absolute atomic E-state index is 0.181. The number of nitrogens with one attached hydrogen (secondary N) is 2. The molecule has 3 aromatic rings. The van der Waals surface area contributed by atoms with Crippen molar-refractivity contribution >= 4 is 22.7 Å². The van der Waals surface area contributed by atoms with Gasteiger partial charge in [0.15, 0.2) is 0 Å². The van der Waals surface area contributed by atoms with E-state index in [-0.39, 0.29) is 11.9 Å². The van der Waals surface area contributed by atoms with E-state index in [2.05, 4.69) is 40.1 Å². The fourth-order valence-electron chi connectivity index (χ4n) is 2.63. The van der Waals surface area contributed by atoms with Crippen LogP contribution in [0.1, 0.15) is 18.6 Å². The lowest BCUT2D eigenvalue weighted by Crippen LogP contribution is -2.34. The molecule has 3 rings (SSSR count). The van der Waals surface area contributed by atoms with E-state index in [0.717, 1.165) is 15.7 Å². The Bertz CT molecular complexity index is 861. The Kier molecular flexibility index (Phi) is 6.57. The van der Waals surface area contributed by atoms with Gasteiger partial charge in [0.25, 0.3) is 0 Å². The molecule has 2 atom stereocenters. The van der Waals surface area contributed by atoms with Gasteiger partial charge in [0.1, 0.15) is 5.82 Å². The molecule has 1 heterocycles. The van der Waals surface area contributed by atoms with Crippen LogP contribution in [0.3, 0.4) is 0 Å². The van der Waals surface area contributed by atoms with E-state index in [0.29, 0.717) is 18.7 Å². The molecule has 3 N–H and O–H groups in total. The largest absolute Gasteiger partial charge is 0.387 e. The lowest BCUT2D eigenvalue weighted by molar-refractivity contribution is 0.169. The zero-order chi connectivity index (χ0) is 18.4. The van der Waals surface area contributed by atoms with E-state index in [1.807, 2.05) is 12.3 Å². The average molecular weight is 371 g/mol. The van der Waals surface area contributed by atoms with Gasteiger partial charge in [-0.25, -0.2) is 4.39 Å². The summed E-state index contributed by atoms with van der Waals surface area (Å²) in [4.78, 5) is 5.24. The Hall–Kier alpha value is -1.99. The van der Waals surface area contributed by atoms with Gasteiger partial charge in [-0.3, -0.25) is 9.71 Å². The van der Waals surface area contributed by atoms with Crippen molar-refractivity contribution in [2.24, 2.45) is 0 Å². The average Bonchev–Trinajstić information content (AvgIpc) is 2.66. The molecule has 1 unspecified atom stereocenters. The van der Waals surface area contributed by atoms with Crippen molar-refractivity contribution in [3.63, 3.8) is 0 Å². The molecule has 0 radical (unpaired) electrons. The monoisotopic (exact) mass is 371 g/mol. The lowest BCUT2D eigenvalue weighted by Gasteiger charge is -2.17. The summed E-state index contributed by atoms with van der Waals surface area (Å²) in [6.07, 6.45) is 2.78. The number of aliphatic hydroxyl groups excluding tert-OH is 1. The van der Waals surface area contributed by atoms with Crippen molar-refractivity contribution < 1.29 is 9.50 Å². The number of rotatable bonds is 8. The van der Waals surface area contributed by atoms with Crippen LogP contribution in [0.5, 0.6) is 0 Å². The molecule has 0 saturated heterocycles. The van der Waals surface area contributed by atoms with Gasteiger partial charge in [-0.15, -0.1) is 0 Å². The van der Waals surface area contributed by atoms with Crippen molar-refractivity contribution in [1.82, 2.24) is 15.0 Å². The van der Waals surface area contributed by atoms with Crippen molar-refractivity contribution in [1.29, 1.82) is 0 Å². The topological polar surface area (TPSA) is 57.2 Å². The number of pyridine rings is 1. The van der Waals surface area contributed by atoms with Crippen LogP contribution in [0.25, 0.3) is 10.8 Å². The highest BCUT2D eigenvalue weighted by molar-refractivity contribution is 7.97. The second-order valence-electron chi connectivity index (χ2n) is 6.20. The third-order valence-corrected chi connectivity index (χ3v) is 5.05. The van der Waals surface area contributed by atoms with Gasteiger partial charge >= 0.3 is 0 Å². The van der Waals surface area contributed by atoms with E-state index in [9.17, 15) is 9.50 Å². The Labute approximate surface area is 157 Å². The molecule has 0 fully saturated rings. The fraction of sp³-hybridized carbons (Fsp3) is 0.250. The molecule has 0 aliphatic carbocycles. The first-order valence-electron chi connectivity index (χ1n) is 8.53. The third-order valence-electron chi connectivity index (χ3n) is 4.04.